The lowest BCUT2D eigenvalue weighted by molar-refractivity contribution is -0.141. The standard InChI is InChI=1S/C10H17FO2/c1-9(2,3)8(13)7-4-10(11,5-7)6-12/h7,12H,4-6H2,1-3H3. The van der Waals surface area contributed by atoms with Gasteiger partial charge in [-0.3, -0.25) is 4.79 Å². The van der Waals surface area contributed by atoms with Crippen molar-refractivity contribution in [2.24, 2.45) is 11.3 Å². The van der Waals surface area contributed by atoms with E-state index in [0.29, 0.717) is 0 Å². The van der Waals surface area contributed by atoms with E-state index in [0.717, 1.165) is 0 Å². The highest BCUT2D eigenvalue weighted by Crippen LogP contribution is 2.44. The molecule has 0 amide bonds. The van der Waals surface area contributed by atoms with E-state index in [1.807, 2.05) is 20.8 Å². The molecule has 0 atom stereocenters. The Morgan fingerprint density at radius 3 is 2.31 bits per heavy atom. The minimum atomic E-state index is -1.48. The summed E-state index contributed by atoms with van der Waals surface area (Å²) in [6.45, 7) is 5.06. The molecule has 3 heteroatoms. The van der Waals surface area contributed by atoms with Gasteiger partial charge in [-0.1, -0.05) is 20.8 Å². The largest absolute Gasteiger partial charge is 0.393 e. The summed E-state index contributed by atoms with van der Waals surface area (Å²) in [7, 11) is 0. The van der Waals surface area contributed by atoms with Crippen LogP contribution in [0, 0.1) is 11.3 Å². The van der Waals surface area contributed by atoms with Gasteiger partial charge < -0.3 is 5.11 Å². The van der Waals surface area contributed by atoms with E-state index in [-0.39, 0.29) is 30.0 Å². The minimum absolute atomic E-state index is 0.106. The van der Waals surface area contributed by atoms with E-state index in [4.69, 9.17) is 5.11 Å². The summed E-state index contributed by atoms with van der Waals surface area (Å²) in [4.78, 5) is 11.6. The Kier molecular flexibility index (Phi) is 2.50. The topological polar surface area (TPSA) is 37.3 Å². The van der Waals surface area contributed by atoms with E-state index >= 15 is 0 Å². The van der Waals surface area contributed by atoms with Crippen molar-refractivity contribution < 1.29 is 14.3 Å². The van der Waals surface area contributed by atoms with Crippen molar-refractivity contribution in [3.05, 3.63) is 0 Å². The SMILES string of the molecule is CC(C)(C)C(=O)C1CC(F)(CO)C1. The van der Waals surface area contributed by atoms with Gasteiger partial charge in [-0.2, -0.15) is 0 Å². The summed E-state index contributed by atoms with van der Waals surface area (Å²) in [5.74, 6) is -0.0774. The van der Waals surface area contributed by atoms with Crippen LogP contribution in [0.3, 0.4) is 0 Å². The van der Waals surface area contributed by atoms with E-state index in [1.165, 1.54) is 0 Å². The van der Waals surface area contributed by atoms with Gasteiger partial charge in [-0.25, -0.2) is 4.39 Å². The fourth-order valence-corrected chi connectivity index (χ4v) is 1.75. The lowest BCUT2D eigenvalue weighted by Crippen LogP contribution is -2.48. The Hall–Kier alpha value is -0.440. The molecule has 0 unspecified atom stereocenters. The predicted octanol–water partition coefficient (Wildman–Crippen LogP) is 1.71. The van der Waals surface area contributed by atoms with E-state index in [1.54, 1.807) is 0 Å². The average Bonchev–Trinajstić information content (AvgIpc) is 1.95. The zero-order valence-corrected chi connectivity index (χ0v) is 8.43. The second-order valence-corrected chi connectivity index (χ2v) is 5.03. The molecule has 0 heterocycles. The fourth-order valence-electron chi connectivity index (χ4n) is 1.75. The van der Waals surface area contributed by atoms with Crippen molar-refractivity contribution in [3.63, 3.8) is 0 Å². The lowest BCUT2D eigenvalue weighted by atomic mass is 9.66. The number of carbonyl (C=O) groups excluding carboxylic acids is 1. The highest BCUT2D eigenvalue weighted by Gasteiger charge is 2.49. The van der Waals surface area contributed by atoms with E-state index in [9.17, 15) is 9.18 Å². The molecule has 1 aliphatic carbocycles. The number of alkyl halides is 1. The number of Topliss-reactive ketones (excluding diaryl/α,β-unsaturated/α-hetero) is 1. The van der Waals surface area contributed by atoms with Gasteiger partial charge in [0.15, 0.2) is 0 Å². The quantitative estimate of drug-likeness (QED) is 0.716. The molecule has 0 aromatic rings. The molecule has 0 aromatic carbocycles. The lowest BCUT2D eigenvalue weighted by Gasteiger charge is -2.41. The summed E-state index contributed by atoms with van der Waals surface area (Å²) in [5.41, 5.74) is -1.87. The molecule has 1 N–H and O–H groups in total. The Labute approximate surface area is 78.1 Å². The van der Waals surface area contributed by atoms with Gasteiger partial charge in [0.2, 0.25) is 0 Å². The predicted molar refractivity (Wildman–Crippen MR) is 48.1 cm³/mol. The van der Waals surface area contributed by atoms with Gasteiger partial charge in [0, 0.05) is 11.3 Å². The summed E-state index contributed by atoms with van der Waals surface area (Å²) in [5, 5.41) is 8.66. The Morgan fingerprint density at radius 2 is 2.00 bits per heavy atom. The van der Waals surface area contributed by atoms with Gasteiger partial charge in [-0.05, 0) is 12.8 Å². The van der Waals surface area contributed by atoms with Crippen LogP contribution < -0.4 is 0 Å². The number of ketones is 1. The zero-order valence-electron chi connectivity index (χ0n) is 8.43. The molecule has 0 bridgehead atoms. The first-order chi connectivity index (χ1) is 5.78. The first-order valence-corrected chi connectivity index (χ1v) is 4.63. The molecular formula is C10H17FO2. The van der Waals surface area contributed by atoms with Crippen molar-refractivity contribution in [1.29, 1.82) is 0 Å². The molecule has 2 nitrogen and oxygen atoms in total. The third kappa shape index (κ3) is 2.08. The summed E-state index contributed by atoms with van der Waals surface area (Å²) < 4.78 is 13.2. The van der Waals surface area contributed by atoms with Crippen LogP contribution in [0.15, 0.2) is 0 Å². The Bertz CT molecular complexity index is 211. The first kappa shape index (κ1) is 10.6. The van der Waals surface area contributed by atoms with E-state index < -0.39 is 12.3 Å². The fraction of sp³-hybridized carbons (Fsp3) is 0.900. The van der Waals surface area contributed by atoms with Crippen LogP contribution >= 0.6 is 0 Å². The molecule has 0 radical (unpaired) electrons. The highest BCUT2D eigenvalue weighted by atomic mass is 19.1. The highest BCUT2D eigenvalue weighted by molar-refractivity contribution is 5.87. The van der Waals surface area contributed by atoms with Crippen LogP contribution in [0.2, 0.25) is 0 Å². The second kappa shape index (κ2) is 3.05. The monoisotopic (exact) mass is 188 g/mol. The van der Waals surface area contributed by atoms with Crippen LogP contribution in [0.4, 0.5) is 4.39 Å². The Balaban J connectivity index is 2.49. The van der Waals surface area contributed by atoms with Crippen molar-refractivity contribution >= 4 is 5.78 Å². The smallest absolute Gasteiger partial charge is 0.141 e. The van der Waals surface area contributed by atoms with Gasteiger partial charge in [0.25, 0.3) is 0 Å². The molecule has 1 rings (SSSR count). The van der Waals surface area contributed by atoms with Crippen molar-refractivity contribution in [3.8, 4) is 0 Å². The molecule has 0 spiro atoms. The third-order valence-electron chi connectivity index (χ3n) is 2.62. The van der Waals surface area contributed by atoms with Crippen LogP contribution in [-0.4, -0.2) is 23.2 Å². The van der Waals surface area contributed by atoms with Crippen LogP contribution in [0.25, 0.3) is 0 Å². The molecular weight excluding hydrogens is 171 g/mol. The Morgan fingerprint density at radius 1 is 1.54 bits per heavy atom. The van der Waals surface area contributed by atoms with Crippen LogP contribution in [0.1, 0.15) is 33.6 Å². The maximum Gasteiger partial charge on any atom is 0.141 e. The molecule has 1 saturated carbocycles. The molecule has 1 aliphatic rings. The van der Waals surface area contributed by atoms with Gasteiger partial charge in [-0.15, -0.1) is 0 Å². The number of halogens is 1. The second-order valence-electron chi connectivity index (χ2n) is 5.03. The number of carbonyl (C=O) groups is 1. The number of hydrogen-bond donors (Lipinski definition) is 1. The summed E-state index contributed by atoms with van der Waals surface area (Å²) in [6.07, 6.45) is 0.388. The molecule has 0 saturated heterocycles. The van der Waals surface area contributed by atoms with Crippen LogP contribution in [0.5, 0.6) is 0 Å². The first-order valence-electron chi connectivity index (χ1n) is 4.63. The number of aliphatic hydroxyl groups excluding tert-OH is 1. The van der Waals surface area contributed by atoms with E-state index in [2.05, 4.69) is 0 Å². The molecule has 76 valence electrons. The normalized spacial score (nSPS) is 34.1. The van der Waals surface area contributed by atoms with Crippen molar-refractivity contribution in [2.75, 3.05) is 6.61 Å². The molecule has 0 aromatic heterocycles. The van der Waals surface area contributed by atoms with Crippen molar-refractivity contribution in [1.82, 2.24) is 0 Å². The number of rotatable bonds is 2. The van der Waals surface area contributed by atoms with Crippen LogP contribution in [-0.2, 0) is 4.79 Å². The molecule has 13 heavy (non-hydrogen) atoms. The zero-order chi connectivity index (χ0) is 10.3. The number of aliphatic hydroxyl groups is 1. The summed E-state index contributed by atoms with van der Waals surface area (Å²) >= 11 is 0. The maximum atomic E-state index is 13.2. The average molecular weight is 188 g/mol. The molecule has 0 aliphatic heterocycles. The summed E-state index contributed by atoms with van der Waals surface area (Å²) in [6, 6.07) is 0. The molecule has 1 fully saturated rings. The minimum Gasteiger partial charge on any atom is -0.393 e. The van der Waals surface area contributed by atoms with Crippen molar-refractivity contribution in [2.45, 2.75) is 39.3 Å². The maximum absolute atomic E-state index is 13.2. The third-order valence-corrected chi connectivity index (χ3v) is 2.62. The van der Waals surface area contributed by atoms with Gasteiger partial charge in [0.1, 0.15) is 11.5 Å². The number of hydrogen-bond acceptors (Lipinski definition) is 2. The van der Waals surface area contributed by atoms with Gasteiger partial charge in [0.05, 0.1) is 6.61 Å². The van der Waals surface area contributed by atoms with Gasteiger partial charge >= 0.3 is 0 Å².